The minimum absolute atomic E-state index is 0.00744. The van der Waals surface area contributed by atoms with E-state index in [1.165, 1.54) is 24.6 Å². The molecule has 0 aromatic heterocycles. The molecule has 1 aliphatic rings. The van der Waals surface area contributed by atoms with Crippen LogP contribution < -0.4 is 10.5 Å². The molecule has 29 heavy (non-hydrogen) atoms. The zero-order valence-electron chi connectivity index (χ0n) is 16.0. The van der Waals surface area contributed by atoms with E-state index in [2.05, 4.69) is 9.46 Å². The molecule has 0 heterocycles. The highest BCUT2D eigenvalue weighted by Crippen LogP contribution is 2.25. The lowest BCUT2D eigenvalue weighted by Crippen LogP contribution is -2.35. The van der Waals surface area contributed by atoms with Crippen molar-refractivity contribution in [2.75, 3.05) is 0 Å². The summed E-state index contributed by atoms with van der Waals surface area (Å²) < 4.78 is 32.6. The first-order valence-electron chi connectivity index (χ1n) is 9.54. The van der Waals surface area contributed by atoms with Gasteiger partial charge in [0.2, 0.25) is 10.0 Å². The predicted octanol–water partition coefficient (Wildman–Crippen LogP) is 3.32. The van der Waals surface area contributed by atoms with Gasteiger partial charge in [-0.3, -0.25) is 9.59 Å². The molecule has 0 aliphatic heterocycles. The topological polar surface area (TPSA) is 133 Å². The minimum atomic E-state index is -3.91. The Labute approximate surface area is 175 Å². The van der Waals surface area contributed by atoms with Crippen molar-refractivity contribution >= 4 is 39.5 Å². The molecule has 8 nitrogen and oxygen atoms in total. The molecule has 0 bridgehead atoms. The number of nitrogens with one attached hydrogen (secondary N) is 1. The largest absolute Gasteiger partial charge is 0.412 e. The average Bonchev–Trinajstić information content (AvgIpc) is 2.61. The highest BCUT2D eigenvalue weighted by molar-refractivity contribution is 7.89. The molecule has 1 saturated carbocycles. The quantitative estimate of drug-likeness (QED) is 0.376. The van der Waals surface area contributed by atoms with E-state index >= 15 is 0 Å². The zero-order valence-corrected chi connectivity index (χ0v) is 17.6. The summed E-state index contributed by atoms with van der Waals surface area (Å²) in [6, 6.07) is 3.76. The number of primary amides is 1. The number of halogens is 1. The fourth-order valence-electron chi connectivity index (χ4n) is 3.26. The number of Topliss-reactive ketones (excluding diaryl/α,β-unsaturated/α-hetero) is 1. The van der Waals surface area contributed by atoms with Gasteiger partial charge in [0, 0.05) is 18.0 Å². The lowest BCUT2D eigenvalue weighted by Gasteiger charge is -2.21. The Bertz CT molecular complexity index is 863. The highest BCUT2D eigenvalue weighted by atomic mass is 35.5. The number of esters is 1. The molecule has 0 unspecified atom stereocenters. The van der Waals surface area contributed by atoms with E-state index in [-0.39, 0.29) is 34.4 Å². The molecule has 0 radical (unpaired) electrons. The molecule has 1 aromatic carbocycles. The van der Waals surface area contributed by atoms with Gasteiger partial charge in [-0.15, -0.1) is 0 Å². The predicted molar refractivity (Wildman–Crippen MR) is 107 cm³/mol. The van der Waals surface area contributed by atoms with E-state index < -0.39 is 27.9 Å². The van der Waals surface area contributed by atoms with Gasteiger partial charge in [0.15, 0.2) is 5.78 Å². The van der Waals surface area contributed by atoms with E-state index in [1.54, 1.807) is 0 Å². The van der Waals surface area contributed by atoms with Crippen LogP contribution in [0, 0.1) is 0 Å². The zero-order chi connectivity index (χ0) is 21.4. The molecule has 1 amide bonds. The van der Waals surface area contributed by atoms with Gasteiger partial charge in [0.25, 0.3) is 0 Å². The number of nitrogens with two attached hydrogens (primary N) is 1. The summed E-state index contributed by atoms with van der Waals surface area (Å²) in [5, 5.41) is 0.00744. The molecule has 3 N–H and O–H groups in total. The summed E-state index contributed by atoms with van der Waals surface area (Å²) in [5.41, 5.74) is 4.83. The number of ketones is 1. The van der Waals surface area contributed by atoms with Gasteiger partial charge in [-0.1, -0.05) is 43.7 Å². The second-order valence-corrected chi connectivity index (χ2v) is 9.11. The molecular weight excluding hydrogens is 420 g/mol. The number of benzene rings is 1. The van der Waals surface area contributed by atoms with Crippen LogP contribution in [0.25, 0.3) is 0 Å². The van der Waals surface area contributed by atoms with Gasteiger partial charge in [0.05, 0.1) is 11.4 Å². The van der Waals surface area contributed by atoms with Crippen molar-refractivity contribution in [1.29, 1.82) is 0 Å². The van der Waals surface area contributed by atoms with Crippen LogP contribution in [0.3, 0.4) is 0 Å². The van der Waals surface area contributed by atoms with Crippen LogP contribution in [0.4, 0.5) is 4.79 Å². The molecular formula is C19H25ClN2O6S. The van der Waals surface area contributed by atoms with Crippen molar-refractivity contribution in [1.82, 2.24) is 4.72 Å². The third kappa shape index (κ3) is 7.41. The summed E-state index contributed by atoms with van der Waals surface area (Å²) in [7, 11) is -3.91. The van der Waals surface area contributed by atoms with Crippen molar-refractivity contribution in [3.05, 3.63) is 28.8 Å². The molecule has 0 atom stereocenters. The van der Waals surface area contributed by atoms with Gasteiger partial charge in [-0.05, 0) is 31.0 Å². The van der Waals surface area contributed by atoms with Gasteiger partial charge >= 0.3 is 12.1 Å². The minimum Gasteiger partial charge on any atom is -0.376 e. The Morgan fingerprint density at radius 2 is 1.69 bits per heavy atom. The maximum absolute atomic E-state index is 12.8. The van der Waals surface area contributed by atoms with Crippen LogP contribution in [0.2, 0.25) is 5.02 Å². The first kappa shape index (κ1) is 23.3. The molecule has 0 spiro atoms. The van der Waals surface area contributed by atoms with Crippen molar-refractivity contribution in [2.24, 2.45) is 5.73 Å². The van der Waals surface area contributed by atoms with E-state index in [1.807, 2.05) is 0 Å². The first-order chi connectivity index (χ1) is 13.7. The standard InChI is InChI=1S/C19H25ClN2O6S/c20-15-9-8-13(16(23)10-11-18(24)28-19(21)25)12-17(15)29(26,27)22-14-6-4-2-1-3-5-7-14/h8-9,12,14,22H,1-7,10-11H2,(H2,21,25). The van der Waals surface area contributed by atoms with Crippen molar-refractivity contribution < 1.29 is 27.5 Å². The summed E-state index contributed by atoms with van der Waals surface area (Å²) in [4.78, 5) is 34.0. The van der Waals surface area contributed by atoms with Gasteiger partial charge in [-0.25, -0.2) is 17.9 Å². The molecule has 160 valence electrons. The third-order valence-corrected chi connectivity index (χ3v) is 6.74. The van der Waals surface area contributed by atoms with Crippen LogP contribution in [0.15, 0.2) is 23.1 Å². The fraction of sp³-hybridized carbons (Fsp3) is 0.526. The average molecular weight is 445 g/mol. The summed E-state index contributed by atoms with van der Waals surface area (Å²) >= 11 is 6.09. The van der Waals surface area contributed by atoms with Crippen LogP contribution in [-0.4, -0.2) is 32.3 Å². The van der Waals surface area contributed by atoms with Crippen LogP contribution in [0.5, 0.6) is 0 Å². The Balaban J connectivity index is 2.10. The molecule has 0 saturated heterocycles. The van der Waals surface area contributed by atoms with E-state index in [0.717, 1.165) is 38.5 Å². The Morgan fingerprint density at radius 3 is 2.31 bits per heavy atom. The van der Waals surface area contributed by atoms with Crippen molar-refractivity contribution in [2.45, 2.75) is 68.7 Å². The number of carbonyl (C=O) groups is 3. The van der Waals surface area contributed by atoms with Crippen molar-refractivity contribution in [3.63, 3.8) is 0 Å². The van der Waals surface area contributed by atoms with Crippen molar-refractivity contribution in [3.8, 4) is 0 Å². The third-order valence-electron chi connectivity index (χ3n) is 4.74. The lowest BCUT2D eigenvalue weighted by atomic mass is 9.97. The van der Waals surface area contributed by atoms with Crippen LogP contribution in [-0.2, 0) is 19.6 Å². The van der Waals surface area contributed by atoms with Crippen LogP contribution >= 0.6 is 11.6 Å². The monoisotopic (exact) mass is 444 g/mol. The Hall–Kier alpha value is -1.97. The first-order valence-corrected chi connectivity index (χ1v) is 11.4. The Kier molecular flexibility index (Phi) is 8.60. The molecule has 10 heteroatoms. The van der Waals surface area contributed by atoms with E-state index in [4.69, 9.17) is 17.3 Å². The fourth-order valence-corrected chi connectivity index (χ4v) is 5.09. The molecule has 2 rings (SSSR count). The number of sulfonamides is 1. The van der Waals surface area contributed by atoms with Crippen LogP contribution in [0.1, 0.15) is 68.1 Å². The van der Waals surface area contributed by atoms with Gasteiger partial charge in [0.1, 0.15) is 4.90 Å². The van der Waals surface area contributed by atoms with E-state index in [0.29, 0.717) is 0 Å². The number of hydrogen-bond acceptors (Lipinski definition) is 6. The SMILES string of the molecule is NC(=O)OC(=O)CCC(=O)c1ccc(Cl)c(S(=O)(=O)NC2CCCCCCC2)c1. The maximum atomic E-state index is 12.8. The summed E-state index contributed by atoms with van der Waals surface area (Å²) in [5.74, 6) is -1.41. The van der Waals surface area contributed by atoms with Gasteiger partial charge in [-0.2, -0.15) is 0 Å². The number of ether oxygens (including phenoxy) is 1. The van der Waals surface area contributed by atoms with E-state index in [9.17, 15) is 22.8 Å². The number of hydrogen-bond donors (Lipinski definition) is 2. The molecule has 1 fully saturated rings. The second-order valence-electron chi connectivity index (χ2n) is 7.02. The Morgan fingerprint density at radius 1 is 1.07 bits per heavy atom. The summed E-state index contributed by atoms with van der Waals surface area (Å²) in [6.07, 6.45) is 4.92. The number of rotatable bonds is 7. The normalized spacial score (nSPS) is 15.9. The number of carbonyl (C=O) groups excluding carboxylic acids is 3. The second kappa shape index (κ2) is 10.7. The highest BCUT2D eigenvalue weighted by Gasteiger charge is 2.24. The summed E-state index contributed by atoms with van der Waals surface area (Å²) in [6.45, 7) is 0. The van der Waals surface area contributed by atoms with Gasteiger partial charge < -0.3 is 10.5 Å². The lowest BCUT2D eigenvalue weighted by molar-refractivity contribution is -0.137. The molecule has 1 aliphatic carbocycles. The maximum Gasteiger partial charge on any atom is 0.412 e. The smallest absolute Gasteiger partial charge is 0.376 e. The molecule has 1 aromatic rings. The number of amides is 1.